The third-order valence-electron chi connectivity index (χ3n) is 7.80. The maximum absolute atomic E-state index is 14.8. The third kappa shape index (κ3) is 4.94. The SMILES string of the molecule is CC1=C(C(=O)Cc2ccc3cnccc3c2)C(c2ccc(C(F)(F)F)c(F)c2)n2nc(CN3CC(C)C3)cc2C1. The number of nitrogens with zero attached hydrogens (tertiary/aromatic N) is 4. The number of halogens is 4. The van der Waals surface area contributed by atoms with Crippen molar-refractivity contribution < 1.29 is 22.4 Å². The van der Waals surface area contributed by atoms with Crippen LogP contribution in [0.15, 0.2) is 72.1 Å². The molecule has 2 aromatic carbocycles. The van der Waals surface area contributed by atoms with E-state index in [1.54, 1.807) is 17.1 Å². The van der Waals surface area contributed by atoms with Gasteiger partial charge in [-0.3, -0.25) is 19.4 Å². The van der Waals surface area contributed by atoms with E-state index in [1.165, 1.54) is 6.07 Å². The summed E-state index contributed by atoms with van der Waals surface area (Å²) in [5, 5.41) is 6.72. The molecule has 0 radical (unpaired) electrons. The van der Waals surface area contributed by atoms with E-state index >= 15 is 0 Å². The number of likely N-dealkylation sites (tertiary alicyclic amines) is 1. The second-order valence-electron chi connectivity index (χ2n) is 11.0. The van der Waals surface area contributed by atoms with Gasteiger partial charge in [0.2, 0.25) is 0 Å². The fourth-order valence-electron chi connectivity index (χ4n) is 5.98. The molecule has 206 valence electrons. The van der Waals surface area contributed by atoms with Crippen molar-refractivity contribution in [1.29, 1.82) is 0 Å². The molecule has 1 saturated heterocycles. The predicted molar refractivity (Wildman–Crippen MR) is 143 cm³/mol. The Labute approximate surface area is 229 Å². The van der Waals surface area contributed by atoms with Gasteiger partial charge in [0.05, 0.1) is 11.3 Å². The largest absolute Gasteiger partial charge is 0.419 e. The Morgan fingerprint density at radius 3 is 2.58 bits per heavy atom. The number of carbonyl (C=O) groups excluding carboxylic acids is 1. The highest BCUT2D eigenvalue weighted by Gasteiger charge is 2.37. The highest BCUT2D eigenvalue weighted by molar-refractivity contribution is 5.99. The number of hydrogen-bond acceptors (Lipinski definition) is 4. The quantitative estimate of drug-likeness (QED) is 0.265. The second-order valence-corrected chi connectivity index (χ2v) is 11.0. The van der Waals surface area contributed by atoms with Crippen LogP contribution in [0.2, 0.25) is 0 Å². The summed E-state index contributed by atoms with van der Waals surface area (Å²) in [6.07, 6.45) is -0.799. The Kier molecular flexibility index (Phi) is 6.57. The van der Waals surface area contributed by atoms with Crippen molar-refractivity contribution in [2.24, 2.45) is 5.92 Å². The summed E-state index contributed by atoms with van der Waals surface area (Å²) in [5.74, 6) is -0.915. The first-order valence-corrected chi connectivity index (χ1v) is 13.3. The van der Waals surface area contributed by atoms with Crippen molar-refractivity contribution >= 4 is 16.6 Å². The molecule has 2 aliphatic rings. The van der Waals surface area contributed by atoms with Crippen molar-refractivity contribution in [2.75, 3.05) is 13.1 Å². The molecule has 2 aromatic heterocycles. The first-order chi connectivity index (χ1) is 19.1. The van der Waals surface area contributed by atoms with E-state index in [0.717, 1.165) is 58.5 Å². The van der Waals surface area contributed by atoms with E-state index in [0.29, 0.717) is 24.5 Å². The number of aromatic nitrogens is 3. The zero-order chi connectivity index (χ0) is 28.2. The fourth-order valence-corrected chi connectivity index (χ4v) is 5.98. The monoisotopic (exact) mass is 548 g/mol. The zero-order valence-corrected chi connectivity index (χ0v) is 22.2. The number of pyridine rings is 1. The molecular formula is C31H28F4N4O. The van der Waals surface area contributed by atoms with E-state index in [9.17, 15) is 22.4 Å². The molecular weight excluding hydrogens is 520 g/mol. The molecule has 0 aliphatic carbocycles. The van der Waals surface area contributed by atoms with Crippen LogP contribution in [0, 0.1) is 11.7 Å². The van der Waals surface area contributed by atoms with Gasteiger partial charge in [-0.2, -0.15) is 18.3 Å². The van der Waals surface area contributed by atoms with Gasteiger partial charge in [-0.1, -0.05) is 36.8 Å². The van der Waals surface area contributed by atoms with E-state index in [-0.39, 0.29) is 17.8 Å². The number of allylic oxidation sites excluding steroid dienone is 2. The molecule has 0 amide bonds. The van der Waals surface area contributed by atoms with Crippen LogP contribution in [0.5, 0.6) is 0 Å². The lowest BCUT2D eigenvalue weighted by atomic mass is 9.85. The van der Waals surface area contributed by atoms with Crippen LogP contribution < -0.4 is 0 Å². The summed E-state index contributed by atoms with van der Waals surface area (Å²) in [5.41, 5.74) is 2.64. The Balaban J connectivity index is 1.39. The molecule has 1 atom stereocenters. The van der Waals surface area contributed by atoms with E-state index in [1.807, 2.05) is 37.3 Å². The molecule has 9 heteroatoms. The molecule has 5 nitrogen and oxygen atoms in total. The normalized spacial score (nSPS) is 18.2. The van der Waals surface area contributed by atoms with Crippen LogP contribution in [0.3, 0.4) is 0 Å². The number of Topliss-reactive ketones (excluding diaryl/α,β-unsaturated/α-hetero) is 1. The van der Waals surface area contributed by atoms with Crippen LogP contribution in [-0.4, -0.2) is 38.5 Å². The topological polar surface area (TPSA) is 51.0 Å². The van der Waals surface area contributed by atoms with Gasteiger partial charge in [0.15, 0.2) is 5.78 Å². The van der Waals surface area contributed by atoms with Crippen molar-refractivity contribution in [3.63, 3.8) is 0 Å². The van der Waals surface area contributed by atoms with Gasteiger partial charge in [-0.15, -0.1) is 0 Å². The van der Waals surface area contributed by atoms with E-state index in [4.69, 9.17) is 5.10 Å². The summed E-state index contributed by atoms with van der Waals surface area (Å²) in [6, 6.07) is 11.6. The molecule has 1 fully saturated rings. The predicted octanol–water partition coefficient (Wildman–Crippen LogP) is 6.31. The molecule has 6 rings (SSSR count). The van der Waals surface area contributed by atoms with Crippen LogP contribution in [-0.2, 0) is 30.4 Å². The summed E-state index contributed by atoms with van der Waals surface area (Å²) in [4.78, 5) is 20.3. The summed E-state index contributed by atoms with van der Waals surface area (Å²) in [7, 11) is 0. The molecule has 40 heavy (non-hydrogen) atoms. The van der Waals surface area contributed by atoms with Crippen LogP contribution in [0.4, 0.5) is 17.6 Å². The van der Waals surface area contributed by atoms with Gasteiger partial charge in [0.25, 0.3) is 0 Å². The lowest BCUT2D eigenvalue weighted by molar-refractivity contribution is -0.140. The first-order valence-electron chi connectivity index (χ1n) is 13.3. The molecule has 0 spiro atoms. The van der Waals surface area contributed by atoms with E-state index < -0.39 is 23.6 Å². The van der Waals surface area contributed by atoms with Gasteiger partial charge in [0, 0.05) is 61.5 Å². The third-order valence-corrected chi connectivity index (χ3v) is 7.80. The molecule has 1 unspecified atom stereocenters. The van der Waals surface area contributed by atoms with Gasteiger partial charge < -0.3 is 0 Å². The van der Waals surface area contributed by atoms with Gasteiger partial charge in [-0.25, -0.2) is 4.39 Å². The van der Waals surface area contributed by atoms with Gasteiger partial charge in [-0.05, 0) is 53.6 Å². The maximum atomic E-state index is 14.8. The summed E-state index contributed by atoms with van der Waals surface area (Å²) in [6.45, 7) is 6.63. The maximum Gasteiger partial charge on any atom is 0.419 e. The second kappa shape index (κ2) is 9.96. The number of alkyl halides is 3. The van der Waals surface area contributed by atoms with Crippen molar-refractivity contribution in [3.05, 3.63) is 106 Å². The fraction of sp³-hybridized carbons (Fsp3) is 0.323. The Morgan fingerprint density at radius 2 is 1.85 bits per heavy atom. The minimum atomic E-state index is -4.82. The first kappa shape index (κ1) is 26.4. The molecule has 0 bridgehead atoms. The minimum absolute atomic E-state index is 0.0969. The standard InChI is InChI=1S/C31H28F4N4O/c1-18-15-38(16-18)17-24-13-25-9-19(2)29(28(40)11-20-3-4-23-14-36-8-7-21(23)10-20)30(39(25)37-24)22-5-6-26(27(32)12-22)31(33,34)35/h3-8,10,12-14,18,30H,9,11,15-17H2,1-2H3. The highest BCUT2D eigenvalue weighted by Crippen LogP contribution is 2.39. The Hall–Kier alpha value is -3.85. The molecule has 2 aliphatic heterocycles. The zero-order valence-electron chi connectivity index (χ0n) is 22.2. The van der Waals surface area contributed by atoms with Crippen LogP contribution >= 0.6 is 0 Å². The van der Waals surface area contributed by atoms with Crippen molar-refractivity contribution in [3.8, 4) is 0 Å². The number of ketones is 1. The molecule has 0 saturated carbocycles. The van der Waals surface area contributed by atoms with Crippen molar-refractivity contribution in [1.82, 2.24) is 19.7 Å². The number of hydrogen-bond donors (Lipinski definition) is 0. The molecule has 0 N–H and O–H groups in total. The lowest BCUT2D eigenvalue weighted by Crippen LogP contribution is -2.44. The smallest absolute Gasteiger partial charge is 0.297 e. The summed E-state index contributed by atoms with van der Waals surface area (Å²) < 4.78 is 56.5. The number of fused-ring (bicyclic) bond motifs is 2. The molecule has 4 heterocycles. The van der Waals surface area contributed by atoms with Gasteiger partial charge >= 0.3 is 6.18 Å². The average molecular weight is 549 g/mol. The van der Waals surface area contributed by atoms with E-state index in [2.05, 4.69) is 16.8 Å². The Morgan fingerprint density at radius 1 is 1.05 bits per heavy atom. The average Bonchev–Trinajstić information content (AvgIpc) is 3.27. The number of benzene rings is 2. The number of carbonyl (C=O) groups is 1. The van der Waals surface area contributed by atoms with Crippen LogP contribution in [0.25, 0.3) is 10.8 Å². The van der Waals surface area contributed by atoms with Crippen LogP contribution in [0.1, 0.15) is 48.0 Å². The number of rotatable bonds is 6. The highest BCUT2D eigenvalue weighted by atomic mass is 19.4. The molecule has 4 aromatic rings. The lowest BCUT2D eigenvalue weighted by Gasteiger charge is -2.36. The van der Waals surface area contributed by atoms with Crippen molar-refractivity contribution in [2.45, 2.75) is 45.5 Å². The minimum Gasteiger partial charge on any atom is -0.297 e. The van der Waals surface area contributed by atoms with Gasteiger partial charge in [0.1, 0.15) is 11.9 Å². The summed E-state index contributed by atoms with van der Waals surface area (Å²) >= 11 is 0. The Bertz CT molecular complexity index is 1650.